The van der Waals surface area contributed by atoms with Gasteiger partial charge < -0.3 is 5.11 Å². The summed E-state index contributed by atoms with van der Waals surface area (Å²) in [5.74, 6) is -0.844. The number of aliphatic carboxylic acids is 1. The summed E-state index contributed by atoms with van der Waals surface area (Å²) in [4.78, 5) is 11.9. The Hall–Kier alpha value is -2.07. The number of benzene rings is 2. The second kappa shape index (κ2) is 6.59. The molecule has 0 saturated carbocycles. The van der Waals surface area contributed by atoms with Crippen LogP contribution in [0.1, 0.15) is 24.5 Å². The van der Waals surface area contributed by atoms with Crippen LogP contribution in [0.15, 0.2) is 54.6 Å². The molecule has 1 atom stereocenters. The molecule has 0 amide bonds. The molecule has 4 heteroatoms. The van der Waals surface area contributed by atoms with Crippen LogP contribution in [0.3, 0.4) is 0 Å². The number of carbonyl (C=O) groups is 1. The zero-order valence-corrected chi connectivity index (χ0v) is 12.5. The minimum atomic E-state index is -1.05. The molecule has 0 aliphatic carbocycles. The number of carboxylic acids is 1. The van der Waals surface area contributed by atoms with Gasteiger partial charge in [0.15, 0.2) is 0 Å². The maximum atomic E-state index is 11.9. The average molecular weight is 281 g/mol. The molecule has 0 aliphatic heterocycles. The number of hydrogen-bond acceptors (Lipinski definition) is 2. The lowest BCUT2D eigenvalue weighted by Crippen LogP contribution is -2.48. The van der Waals surface area contributed by atoms with Crippen molar-refractivity contribution in [3.63, 3.8) is 0 Å². The van der Waals surface area contributed by atoms with Crippen molar-refractivity contribution >= 4 is 19.3 Å². The molecular formula is C17H20BNO2. The first-order valence-electron chi connectivity index (χ1n) is 7.18. The molecule has 0 bridgehead atoms. The number of nitrogens with one attached hydrogen (secondary N) is 1. The van der Waals surface area contributed by atoms with Gasteiger partial charge in [0, 0.05) is 6.54 Å². The molecule has 0 saturated heterocycles. The topological polar surface area (TPSA) is 49.3 Å². The largest absolute Gasteiger partial charge is 0.480 e. The van der Waals surface area contributed by atoms with Crippen LogP contribution in [0.2, 0.25) is 0 Å². The Bertz CT molecular complexity index is 615. The fraction of sp³-hybridized carbons (Fsp3) is 0.235. The molecule has 0 heterocycles. The molecule has 0 radical (unpaired) electrons. The standard InChI is InChI=1S/C17H20BNO2/c1-2-17(16(20)21,14-8-4-3-5-9-14)19-12-13-7-6-10-15(18)11-13/h3-11,19H,2,12,18H2,1H3,(H,20,21). The third-order valence-electron chi connectivity index (χ3n) is 3.84. The third kappa shape index (κ3) is 3.34. The van der Waals surface area contributed by atoms with Crippen molar-refractivity contribution in [2.75, 3.05) is 0 Å². The van der Waals surface area contributed by atoms with Gasteiger partial charge in [0.2, 0.25) is 0 Å². The van der Waals surface area contributed by atoms with Gasteiger partial charge in [-0.3, -0.25) is 5.32 Å². The van der Waals surface area contributed by atoms with Crippen LogP contribution >= 0.6 is 0 Å². The molecule has 3 nitrogen and oxygen atoms in total. The van der Waals surface area contributed by atoms with Crippen molar-refractivity contribution < 1.29 is 9.90 Å². The normalized spacial score (nSPS) is 13.6. The van der Waals surface area contributed by atoms with Crippen LogP contribution < -0.4 is 10.8 Å². The Balaban J connectivity index is 2.27. The zero-order valence-electron chi connectivity index (χ0n) is 12.5. The van der Waals surface area contributed by atoms with Crippen molar-refractivity contribution in [3.8, 4) is 0 Å². The van der Waals surface area contributed by atoms with Crippen LogP contribution in [-0.4, -0.2) is 18.9 Å². The first-order valence-corrected chi connectivity index (χ1v) is 7.18. The van der Waals surface area contributed by atoms with Crippen LogP contribution in [0.5, 0.6) is 0 Å². The zero-order chi connectivity index (χ0) is 15.3. The van der Waals surface area contributed by atoms with Gasteiger partial charge in [-0.1, -0.05) is 67.0 Å². The van der Waals surface area contributed by atoms with Crippen molar-refractivity contribution in [2.45, 2.75) is 25.4 Å². The highest BCUT2D eigenvalue weighted by molar-refractivity contribution is 6.32. The van der Waals surface area contributed by atoms with E-state index in [1.165, 1.54) is 5.46 Å². The van der Waals surface area contributed by atoms with Gasteiger partial charge in [-0.25, -0.2) is 4.79 Å². The van der Waals surface area contributed by atoms with Crippen LogP contribution in [0.25, 0.3) is 0 Å². The summed E-state index contributed by atoms with van der Waals surface area (Å²) in [5.41, 5.74) is 1.99. The number of rotatable bonds is 6. The predicted molar refractivity (Wildman–Crippen MR) is 87.5 cm³/mol. The van der Waals surface area contributed by atoms with Crippen molar-refractivity contribution in [1.82, 2.24) is 5.32 Å². The highest BCUT2D eigenvalue weighted by Crippen LogP contribution is 2.26. The van der Waals surface area contributed by atoms with Gasteiger partial charge in [-0.05, 0) is 17.5 Å². The quantitative estimate of drug-likeness (QED) is 0.787. The highest BCUT2D eigenvalue weighted by atomic mass is 16.4. The van der Waals surface area contributed by atoms with E-state index >= 15 is 0 Å². The van der Waals surface area contributed by atoms with Gasteiger partial charge in [0.1, 0.15) is 13.4 Å². The van der Waals surface area contributed by atoms with E-state index in [4.69, 9.17) is 0 Å². The van der Waals surface area contributed by atoms with E-state index in [0.29, 0.717) is 13.0 Å². The molecule has 0 aliphatic rings. The molecule has 108 valence electrons. The summed E-state index contributed by atoms with van der Waals surface area (Å²) in [6.45, 7) is 2.42. The van der Waals surface area contributed by atoms with Gasteiger partial charge in [0.25, 0.3) is 0 Å². The van der Waals surface area contributed by atoms with E-state index in [1.54, 1.807) is 0 Å². The van der Waals surface area contributed by atoms with E-state index in [2.05, 4.69) is 11.4 Å². The number of hydrogen-bond donors (Lipinski definition) is 2. The van der Waals surface area contributed by atoms with Gasteiger partial charge in [0.05, 0.1) is 0 Å². The van der Waals surface area contributed by atoms with Crippen molar-refractivity contribution in [2.24, 2.45) is 0 Å². The summed E-state index contributed by atoms with van der Waals surface area (Å²) in [5, 5.41) is 13.0. The van der Waals surface area contributed by atoms with Crippen LogP contribution in [-0.2, 0) is 16.9 Å². The average Bonchev–Trinajstić information content (AvgIpc) is 2.49. The smallest absolute Gasteiger partial charge is 0.328 e. The van der Waals surface area contributed by atoms with E-state index in [1.807, 2.05) is 63.3 Å². The summed E-state index contributed by atoms with van der Waals surface area (Å²) >= 11 is 0. The second-order valence-electron chi connectivity index (χ2n) is 5.27. The SMILES string of the molecule is Bc1cccc(CNC(CC)(C(=O)O)c2ccccc2)c1. The van der Waals surface area contributed by atoms with E-state index in [-0.39, 0.29) is 0 Å². The summed E-state index contributed by atoms with van der Waals surface area (Å²) in [7, 11) is 2.03. The molecule has 2 aromatic rings. The first-order chi connectivity index (χ1) is 10.1. The monoisotopic (exact) mass is 281 g/mol. The van der Waals surface area contributed by atoms with Gasteiger partial charge in [-0.2, -0.15) is 0 Å². The minimum absolute atomic E-state index is 0.484. The maximum Gasteiger partial charge on any atom is 0.328 e. The predicted octanol–water partition coefficient (Wildman–Crippen LogP) is 1.42. The third-order valence-corrected chi connectivity index (χ3v) is 3.84. The highest BCUT2D eigenvalue weighted by Gasteiger charge is 2.37. The molecule has 21 heavy (non-hydrogen) atoms. The molecule has 0 spiro atoms. The van der Waals surface area contributed by atoms with Gasteiger partial charge >= 0.3 is 5.97 Å². The molecule has 2 rings (SSSR count). The van der Waals surface area contributed by atoms with E-state index in [9.17, 15) is 9.90 Å². The van der Waals surface area contributed by atoms with Crippen molar-refractivity contribution in [1.29, 1.82) is 0 Å². The summed E-state index contributed by atoms with van der Waals surface area (Å²) in [6.07, 6.45) is 0.484. The fourth-order valence-electron chi connectivity index (χ4n) is 2.58. The lowest BCUT2D eigenvalue weighted by Gasteiger charge is -2.30. The molecule has 0 aromatic heterocycles. The first kappa shape index (κ1) is 15.3. The minimum Gasteiger partial charge on any atom is -0.480 e. The molecular weight excluding hydrogens is 261 g/mol. The molecule has 0 fully saturated rings. The Morgan fingerprint density at radius 3 is 2.48 bits per heavy atom. The Kier molecular flexibility index (Phi) is 4.81. The summed E-state index contributed by atoms with van der Waals surface area (Å²) in [6, 6.07) is 17.5. The fourth-order valence-corrected chi connectivity index (χ4v) is 2.58. The van der Waals surface area contributed by atoms with Gasteiger partial charge in [-0.15, -0.1) is 0 Å². The molecule has 1 unspecified atom stereocenters. The Morgan fingerprint density at radius 1 is 1.19 bits per heavy atom. The second-order valence-corrected chi connectivity index (χ2v) is 5.27. The molecule has 2 aromatic carbocycles. The van der Waals surface area contributed by atoms with Crippen LogP contribution in [0, 0.1) is 0 Å². The van der Waals surface area contributed by atoms with Crippen LogP contribution in [0.4, 0.5) is 0 Å². The summed E-state index contributed by atoms with van der Waals surface area (Å²) < 4.78 is 0. The lowest BCUT2D eigenvalue weighted by molar-refractivity contribution is -0.145. The van der Waals surface area contributed by atoms with E-state index in [0.717, 1.165) is 11.1 Å². The lowest BCUT2D eigenvalue weighted by atomic mass is 9.86. The van der Waals surface area contributed by atoms with E-state index < -0.39 is 11.5 Å². The number of carboxylic acid groups (broad SMARTS) is 1. The Morgan fingerprint density at radius 2 is 1.90 bits per heavy atom. The maximum absolute atomic E-state index is 11.9. The molecule has 2 N–H and O–H groups in total. The van der Waals surface area contributed by atoms with Crippen molar-refractivity contribution in [3.05, 3.63) is 65.7 Å². The Labute approximate surface area is 126 Å².